The molecule has 0 spiro atoms. The van der Waals surface area contributed by atoms with Crippen molar-refractivity contribution in [1.29, 1.82) is 0 Å². The third-order valence-corrected chi connectivity index (χ3v) is 5.78. The van der Waals surface area contributed by atoms with Gasteiger partial charge in [0.1, 0.15) is 6.54 Å². The highest BCUT2D eigenvalue weighted by atomic mass is 32.1. The van der Waals surface area contributed by atoms with E-state index in [4.69, 9.17) is 0 Å². The van der Waals surface area contributed by atoms with Crippen LogP contribution in [0.3, 0.4) is 0 Å². The molecule has 0 saturated carbocycles. The summed E-state index contributed by atoms with van der Waals surface area (Å²) in [5.74, 6) is -0.846. The van der Waals surface area contributed by atoms with Crippen molar-refractivity contribution in [2.24, 2.45) is 0 Å². The van der Waals surface area contributed by atoms with E-state index < -0.39 is 0 Å². The second kappa shape index (κ2) is 7.74. The van der Waals surface area contributed by atoms with E-state index in [1.165, 1.54) is 16.9 Å². The van der Waals surface area contributed by atoms with E-state index in [0.29, 0.717) is 18.2 Å². The fourth-order valence-electron chi connectivity index (χ4n) is 2.93. The zero-order valence-corrected chi connectivity index (χ0v) is 16.9. The lowest BCUT2D eigenvalue weighted by atomic mass is 10.1. The molecule has 1 saturated heterocycles. The first-order chi connectivity index (χ1) is 12.8. The van der Waals surface area contributed by atoms with Crippen LogP contribution < -0.4 is 4.90 Å². The summed E-state index contributed by atoms with van der Waals surface area (Å²) in [6.45, 7) is 4.96. The predicted molar refractivity (Wildman–Crippen MR) is 106 cm³/mol. The number of benzene rings is 1. The molecule has 0 atom stereocenters. The Bertz CT molecular complexity index is 851. The maximum absolute atomic E-state index is 12.9. The Balaban J connectivity index is 1.89. The predicted octanol–water partition coefficient (Wildman–Crippen LogP) is 1.96. The number of hydrogen-bond acceptors (Lipinski definition) is 6. The maximum atomic E-state index is 12.9. The first-order valence-electron chi connectivity index (χ1n) is 8.92. The van der Waals surface area contributed by atoms with Crippen LogP contribution in [0.25, 0.3) is 10.2 Å². The number of fused-ring (bicyclic) bond motifs is 1. The monoisotopic (exact) mass is 388 g/mol. The minimum Gasteiger partial charge on any atom is -0.308 e. The standard InChI is InChI=1S/C19H24N4O3S/c1-12-9-14-15(10-13(12)2)27-19(20-14)22(8-7-21(3)4)18(26)11-23-16(24)5-6-17(23)25/h9-10H,5-8,11H2,1-4H3. The van der Waals surface area contributed by atoms with E-state index in [-0.39, 0.29) is 37.1 Å². The third-order valence-electron chi connectivity index (χ3n) is 4.74. The van der Waals surface area contributed by atoms with Gasteiger partial charge in [-0.3, -0.25) is 24.2 Å². The average molecular weight is 388 g/mol. The molecule has 2 heterocycles. The van der Waals surface area contributed by atoms with Gasteiger partial charge in [0.2, 0.25) is 17.7 Å². The van der Waals surface area contributed by atoms with Gasteiger partial charge in [0.05, 0.1) is 10.2 Å². The van der Waals surface area contributed by atoms with Crippen molar-refractivity contribution in [2.75, 3.05) is 38.6 Å². The van der Waals surface area contributed by atoms with Crippen LogP contribution >= 0.6 is 11.3 Å². The van der Waals surface area contributed by atoms with E-state index in [1.54, 1.807) is 4.90 Å². The number of likely N-dealkylation sites (N-methyl/N-ethyl adjacent to an activating group) is 1. The summed E-state index contributed by atoms with van der Waals surface area (Å²) in [5.41, 5.74) is 3.19. The summed E-state index contributed by atoms with van der Waals surface area (Å²) in [7, 11) is 3.86. The fourth-order valence-corrected chi connectivity index (χ4v) is 4.02. The van der Waals surface area contributed by atoms with E-state index >= 15 is 0 Å². The molecule has 2 aromatic rings. The molecule has 0 radical (unpaired) electrons. The first kappa shape index (κ1) is 19.4. The number of aromatic nitrogens is 1. The molecule has 1 aliphatic rings. The van der Waals surface area contributed by atoms with Crippen LogP contribution in [0.15, 0.2) is 12.1 Å². The molecule has 1 fully saturated rings. The number of likely N-dealkylation sites (tertiary alicyclic amines) is 1. The van der Waals surface area contributed by atoms with Gasteiger partial charge in [-0.2, -0.15) is 0 Å². The summed E-state index contributed by atoms with van der Waals surface area (Å²) < 4.78 is 1.02. The van der Waals surface area contributed by atoms with Crippen LogP contribution in [0.1, 0.15) is 24.0 Å². The van der Waals surface area contributed by atoms with Crippen molar-refractivity contribution in [3.05, 3.63) is 23.3 Å². The van der Waals surface area contributed by atoms with Gasteiger partial charge < -0.3 is 4.90 Å². The molecular weight excluding hydrogens is 364 g/mol. The molecule has 8 heteroatoms. The summed E-state index contributed by atoms with van der Waals surface area (Å²) in [5, 5.41) is 0.598. The third kappa shape index (κ3) is 4.17. The molecule has 3 amide bonds. The van der Waals surface area contributed by atoms with Crippen molar-refractivity contribution in [3.8, 4) is 0 Å². The number of thiazole rings is 1. The van der Waals surface area contributed by atoms with E-state index in [0.717, 1.165) is 20.7 Å². The SMILES string of the molecule is Cc1cc2nc(N(CCN(C)C)C(=O)CN3C(=O)CCC3=O)sc2cc1C. The highest BCUT2D eigenvalue weighted by molar-refractivity contribution is 7.22. The molecule has 0 unspecified atom stereocenters. The van der Waals surface area contributed by atoms with Gasteiger partial charge in [0, 0.05) is 25.9 Å². The molecule has 3 rings (SSSR count). The highest BCUT2D eigenvalue weighted by Crippen LogP contribution is 2.31. The molecular formula is C19H24N4O3S. The number of hydrogen-bond donors (Lipinski definition) is 0. The first-order valence-corrected chi connectivity index (χ1v) is 9.74. The lowest BCUT2D eigenvalue weighted by Crippen LogP contribution is -2.44. The lowest BCUT2D eigenvalue weighted by molar-refractivity contribution is -0.141. The molecule has 0 N–H and O–H groups in total. The van der Waals surface area contributed by atoms with Crippen LogP contribution in [-0.4, -0.2) is 66.2 Å². The Morgan fingerprint density at radius 3 is 2.37 bits per heavy atom. The van der Waals surface area contributed by atoms with Crippen LogP contribution in [0.5, 0.6) is 0 Å². The second-order valence-corrected chi connectivity index (χ2v) is 8.13. The van der Waals surface area contributed by atoms with Crippen molar-refractivity contribution in [1.82, 2.24) is 14.8 Å². The normalized spacial score (nSPS) is 14.6. The fraction of sp³-hybridized carbons (Fsp3) is 0.474. The number of amides is 3. The zero-order chi connectivity index (χ0) is 19.7. The average Bonchev–Trinajstić information content (AvgIpc) is 3.13. The van der Waals surface area contributed by atoms with Gasteiger partial charge in [-0.05, 0) is 51.2 Å². The van der Waals surface area contributed by atoms with Gasteiger partial charge in [0.25, 0.3) is 0 Å². The van der Waals surface area contributed by atoms with Crippen LogP contribution in [0.4, 0.5) is 5.13 Å². The number of aryl methyl sites for hydroxylation is 2. The molecule has 7 nitrogen and oxygen atoms in total. The minimum atomic E-state index is -0.284. The van der Waals surface area contributed by atoms with Crippen molar-refractivity contribution in [2.45, 2.75) is 26.7 Å². The molecule has 0 bridgehead atoms. The molecule has 0 aliphatic carbocycles. The second-order valence-electron chi connectivity index (χ2n) is 7.12. The molecule has 1 aromatic carbocycles. The Morgan fingerprint density at radius 1 is 1.11 bits per heavy atom. The lowest BCUT2D eigenvalue weighted by Gasteiger charge is -2.24. The Hall–Kier alpha value is -2.32. The topological polar surface area (TPSA) is 73.8 Å². The number of imide groups is 1. The highest BCUT2D eigenvalue weighted by Gasteiger charge is 2.32. The van der Waals surface area contributed by atoms with Crippen molar-refractivity contribution >= 4 is 44.4 Å². The van der Waals surface area contributed by atoms with Gasteiger partial charge in [-0.25, -0.2) is 4.98 Å². The van der Waals surface area contributed by atoms with Gasteiger partial charge in [-0.1, -0.05) is 11.3 Å². The Morgan fingerprint density at radius 2 is 1.74 bits per heavy atom. The summed E-state index contributed by atoms with van der Waals surface area (Å²) in [6, 6.07) is 4.10. The van der Waals surface area contributed by atoms with Crippen molar-refractivity contribution < 1.29 is 14.4 Å². The van der Waals surface area contributed by atoms with E-state index in [2.05, 4.69) is 11.1 Å². The van der Waals surface area contributed by atoms with Crippen LogP contribution in [0, 0.1) is 13.8 Å². The molecule has 27 heavy (non-hydrogen) atoms. The number of carbonyl (C=O) groups is 3. The Kier molecular flexibility index (Phi) is 5.57. The smallest absolute Gasteiger partial charge is 0.248 e. The quantitative estimate of drug-likeness (QED) is 0.707. The van der Waals surface area contributed by atoms with Crippen LogP contribution in [0.2, 0.25) is 0 Å². The number of carbonyl (C=O) groups excluding carboxylic acids is 3. The van der Waals surface area contributed by atoms with Gasteiger partial charge in [0.15, 0.2) is 5.13 Å². The van der Waals surface area contributed by atoms with E-state index in [1.807, 2.05) is 38.9 Å². The maximum Gasteiger partial charge on any atom is 0.248 e. The molecule has 1 aromatic heterocycles. The molecule has 144 valence electrons. The number of nitrogens with zero attached hydrogens (tertiary/aromatic N) is 4. The Labute approximate surface area is 162 Å². The summed E-state index contributed by atoms with van der Waals surface area (Å²) in [6.07, 6.45) is 0.368. The zero-order valence-electron chi connectivity index (χ0n) is 16.1. The minimum absolute atomic E-state index is 0.184. The summed E-state index contributed by atoms with van der Waals surface area (Å²) >= 11 is 1.45. The number of anilines is 1. The summed E-state index contributed by atoms with van der Waals surface area (Å²) in [4.78, 5) is 46.0. The van der Waals surface area contributed by atoms with Gasteiger partial charge in [-0.15, -0.1) is 0 Å². The largest absolute Gasteiger partial charge is 0.308 e. The molecule has 1 aliphatic heterocycles. The van der Waals surface area contributed by atoms with Gasteiger partial charge >= 0.3 is 0 Å². The van der Waals surface area contributed by atoms with Crippen molar-refractivity contribution in [3.63, 3.8) is 0 Å². The van der Waals surface area contributed by atoms with E-state index in [9.17, 15) is 14.4 Å². The van der Waals surface area contributed by atoms with Crippen LogP contribution in [-0.2, 0) is 14.4 Å². The number of rotatable bonds is 6.